The predicted molar refractivity (Wildman–Crippen MR) is 85.1 cm³/mol. The molecule has 0 radical (unpaired) electrons. The first-order valence-electron chi connectivity index (χ1n) is 6.39. The lowest BCUT2D eigenvalue weighted by atomic mass is 9.99. The Kier molecular flexibility index (Phi) is 5.46. The van der Waals surface area contributed by atoms with Gasteiger partial charge in [0.15, 0.2) is 0 Å². The summed E-state index contributed by atoms with van der Waals surface area (Å²) in [5, 5.41) is 3.50. The maximum absolute atomic E-state index is 13.2. The summed E-state index contributed by atoms with van der Waals surface area (Å²) in [6.45, 7) is 0. The summed E-state index contributed by atoms with van der Waals surface area (Å²) in [7, 11) is 1.94. The van der Waals surface area contributed by atoms with Crippen LogP contribution in [0.25, 0.3) is 0 Å². The SMILES string of the molecule is CNC(Cc1ccc(F)c(Cl)c1)c1ccccc1SC. The van der Waals surface area contributed by atoms with Crippen LogP contribution in [0.2, 0.25) is 5.02 Å². The molecule has 0 saturated heterocycles. The normalized spacial score (nSPS) is 12.4. The Hall–Kier alpha value is -1.03. The van der Waals surface area contributed by atoms with Crippen molar-refractivity contribution < 1.29 is 4.39 Å². The molecule has 0 bridgehead atoms. The molecule has 0 heterocycles. The molecule has 0 amide bonds. The zero-order valence-corrected chi connectivity index (χ0v) is 13.1. The molecular weight excluding hydrogens is 293 g/mol. The van der Waals surface area contributed by atoms with Crippen LogP contribution in [-0.2, 0) is 6.42 Å². The van der Waals surface area contributed by atoms with Gasteiger partial charge in [-0.3, -0.25) is 0 Å². The second-order valence-corrected chi connectivity index (χ2v) is 5.79. The molecule has 0 fully saturated rings. The minimum absolute atomic E-state index is 0.176. The summed E-state index contributed by atoms with van der Waals surface area (Å²) in [6.07, 6.45) is 2.84. The highest BCUT2D eigenvalue weighted by Crippen LogP contribution is 2.28. The Labute approximate surface area is 128 Å². The van der Waals surface area contributed by atoms with Gasteiger partial charge in [0.05, 0.1) is 5.02 Å². The summed E-state index contributed by atoms with van der Waals surface area (Å²) in [5.41, 5.74) is 2.27. The number of thioether (sulfide) groups is 1. The minimum atomic E-state index is -0.374. The number of benzene rings is 2. The van der Waals surface area contributed by atoms with Crippen LogP contribution in [-0.4, -0.2) is 13.3 Å². The lowest BCUT2D eigenvalue weighted by molar-refractivity contribution is 0.580. The Morgan fingerprint density at radius 2 is 2.00 bits per heavy atom. The zero-order valence-electron chi connectivity index (χ0n) is 11.5. The van der Waals surface area contributed by atoms with Crippen LogP contribution in [0.3, 0.4) is 0 Å². The van der Waals surface area contributed by atoms with Gasteiger partial charge in [-0.15, -0.1) is 11.8 Å². The number of likely N-dealkylation sites (N-methyl/N-ethyl adjacent to an activating group) is 1. The highest BCUT2D eigenvalue weighted by Gasteiger charge is 2.14. The molecule has 20 heavy (non-hydrogen) atoms. The Balaban J connectivity index is 2.26. The van der Waals surface area contributed by atoms with E-state index in [-0.39, 0.29) is 16.9 Å². The topological polar surface area (TPSA) is 12.0 Å². The van der Waals surface area contributed by atoms with E-state index in [1.54, 1.807) is 23.9 Å². The third kappa shape index (κ3) is 3.54. The maximum Gasteiger partial charge on any atom is 0.141 e. The molecule has 1 atom stereocenters. The van der Waals surface area contributed by atoms with Gasteiger partial charge in [0.1, 0.15) is 5.82 Å². The standard InChI is InChI=1S/C16H17ClFNS/c1-19-15(12-5-3-4-6-16(12)20-2)10-11-7-8-14(18)13(17)9-11/h3-9,15,19H,10H2,1-2H3. The highest BCUT2D eigenvalue weighted by atomic mass is 35.5. The van der Waals surface area contributed by atoms with Crippen molar-refractivity contribution in [1.82, 2.24) is 5.32 Å². The van der Waals surface area contributed by atoms with Crippen LogP contribution in [0.1, 0.15) is 17.2 Å². The van der Waals surface area contributed by atoms with Crippen molar-refractivity contribution in [2.24, 2.45) is 0 Å². The minimum Gasteiger partial charge on any atom is -0.313 e. The Morgan fingerprint density at radius 3 is 2.65 bits per heavy atom. The van der Waals surface area contributed by atoms with Crippen LogP contribution in [0.15, 0.2) is 47.4 Å². The molecular formula is C16H17ClFNS. The van der Waals surface area contributed by atoms with Crippen LogP contribution in [0.5, 0.6) is 0 Å². The third-order valence-electron chi connectivity index (χ3n) is 3.29. The number of hydrogen-bond acceptors (Lipinski definition) is 2. The molecule has 1 N–H and O–H groups in total. The average Bonchev–Trinajstić information content (AvgIpc) is 2.48. The van der Waals surface area contributed by atoms with E-state index in [2.05, 4.69) is 23.7 Å². The monoisotopic (exact) mass is 309 g/mol. The highest BCUT2D eigenvalue weighted by molar-refractivity contribution is 7.98. The quantitative estimate of drug-likeness (QED) is 0.803. The fraction of sp³-hybridized carbons (Fsp3) is 0.250. The molecule has 1 nitrogen and oxygen atoms in total. The van der Waals surface area contributed by atoms with E-state index in [0.717, 1.165) is 12.0 Å². The van der Waals surface area contributed by atoms with E-state index in [0.29, 0.717) is 0 Å². The van der Waals surface area contributed by atoms with E-state index in [4.69, 9.17) is 11.6 Å². The largest absolute Gasteiger partial charge is 0.313 e. The first-order chi connectivity index (χ1) is 9.65. The number of hydrogen-bond donors (Lipinski definition) is 1. The number of nitrogens with one attached hydrogen (secondary N) is 1. The van der Waals surface area contributed by atoms with Crippen molar-refractivity contribution >= 4 is 23.4 Å². The molecule has 4 heteroatoms. The van der Waals surface area contributed by atoms with Gasteiger partial charge in [-0.1, -0.05) is 35.9 Å². The van der Waals surface area contributed by atoms with Gasteiger partial charge in [0, 0.05) is 10.9 Å². The van der Waals surface area contributed by atoms with Gasteiger partial charge in [-0.25, -0.2) is 4.39 Å². The molecule has 0 spiro atoms. The van der Waals surface area contributed by atoms with Gasteiger partial charge >= 0.3 is 0 Å². The first kappa shape index (κ1) is 15.4. The molecule has 0 aliphatic carbocycles. The fourth-order valence-electron chi connectivity index (χ4n) is 2.22. The molecule has 0 aliphatic rings. The third-order valence-corrected chi connectivity index (χ3v) is 4.39. The predicted octanol–water partition coefficient (Wildman–Crippen LogP) is 4.70. The summed E-state index contributed by atoms with van der Waals surface area (Å²) >= 11 is 7.57. The first-order valence-corrected chi connectivity index (χ1v) is 8.00. The van der Waals surface area contributed by atoms with Gasteiger partial charge in [0.25, 0.3) is 0 Å². The van der Waals surface area contributed by atoms with Crippen molar-refractivity contribution in [1.29, 1.82) is 0 Å². The Bertz CT molecular complexity index is 588. The second kappa shape index (κ2) is 7.11. The van der Waals surface area contributed by atoms with E-state index < -0.39 is 0 Å². The second-order valence-electron chi connectivity index (χ2n) is 4.54. The summed E-state index contributed by atoms with van der Waals surface area (Å²) in [6, 6.07) is 13.4. The van der Waals surface area contributed by atoms with Crippen LogP contribution < -0.4 is 5.32 Å². The van der Waals surface area contributed by atoms with Crippen molar-refractivity contribution in [3.05, 3.63) is 64.4 Å². The number of rotatable bonds is 5. The average molecular weight is 310 g/mol. The van der Waals surface area contributed by atoms with Crippen LogP contribution in [0, 0.1) is 5.82 Å². The molecule has 0 aliphatic heterocycles. The lowest BCUT2D eigenvalue weighted by Crippen LogP contribution is -2.19. The van der Waals surface area contributed by atoms with Gasteiger partial charge in [-0.2, -0.15) is 0 Å². The zero-order chi connectivity index (χ0) is 14.5. The summed E-state index contributed by atoms with van der Waals surface area (Å²) < 4.78 is 13.2. The van der Waals surface area contributed by atoms with Crippen LogP contribution >= 0.6 is 23.4 Å². The molecule has 2 rings (SSSR count). The molecule has 106 valence electrons. The molecule has 1 unspecified atom stereocenters. The van der Waals surface area contributed by atoms with E-state index >= 15 is 0 Å². The molecule has 0 aromatic heterocycles. The van der Waals surface area contributed by atoms with E-state index in [9.17, 15) is 4.39 Å². The van der Waals surface area contributed by atoms with Crippen molar-refractivity contribution in [2.45, 2.75) is 17.4 Å². The molecule has 2 aromatic rings. The lowest BCUT2D eigenvalue weighted by Gasteiger charge is -2.19. The summed E-state index contributed by atoms with van der Waals surface area (Å²) in [4.78, 5) is 1.25. The van der Waals surface area contributed by atoms with Gasteiger partial charge < -0.3 is 5.32 Å². The van der Waals surface area contributed by atoms with Crippen molar-refractivity contribution in [2.75, 3.05) is 13.3 Å². The summed E-state index contributed by atoms with van der Waals surface area (Å²) in [5.74, 6) is -0.374. The van der Waals surface area contributed by atoms with Gasteiger partial charge in [-0.05, 0) is 49.1 Å². The maximum atomic E-state index is 13.2. The van der Waals surface area contributed by atoms with E-state index in [1.165, 1.54) is 16.5 Å². The number of halogens is 2. The van der Waals surface area contributed by atoms with Crippen LogP contribution in [0.4, 0.5) is 4.39 Å². The van der Waals surface area contributed by atoms with Crippen molar-refractivity contribution in [3.8, 4) is 0 Å². The Morgan fingerprint density at radius 1 is 1.25 bits per heavy atom. The van der Waals surface area contributed by atoms with E-state index in [1.807, 2.05) is 19.2 Å². The molecule has 0 saturated carbocycles. The smallest absolute Gasteiger partial charge is 0.141 e. The fourth-order valence-corrected chi connectivity index (χ4v) is 3.09. The van der Waals surface area contributed by atoms with Crippen molar-refractivity contribution in [3.63, 3.8) is 0 Å². The molecule has 2 aromatic carbocycles. The van der Waals surface area contributed by atoms with Gasteiger partial charge in [0.2, 0.25) is 0 Å².